The lowest BCUT2D eigenvalue weighted by Gasteiger charge is -2.09. The second-order valence-corrected chi connectivity index (χ2v) is 5.23. The van der Waals surface area contributed by atoms with E-state index in [1.165, 1.54) is 12.1 Å². The molecular weight excluding hydrogens is 305 g/mol. The molecule has 1 heterocycles. The number of halogens is 1. The Morgan fingerprint density at radius 2 is 1.88 bits per heavy atom. The Kier molecular flexibility index (Phi) is 4.40. The van der Waals surface area contributed by atoms with Gasteiger partial charge in [-0.05, 0) is 60.5 Å². The Labute approximate surface area is 138 Å². The summed E-state index contributed by atoms with van der Waals surface area (Å²) in [6.07, 6.45) is 0. The van der Waals surface area contributed by atoms with Crippen molar-refractivity contribution in [1.82, 2.24) is 4.98 Å². The van der Waals surface area contributed by atoms with E-state index in [0.29, 0.717) is 11.5 Å². The summed E-state index contributed by atoms with van der Waals surface area (Å²) in [6, 6.07) is 17.3. The van der Waals surface area contributed by atoms with Crippen LogP contribution >= 0.6 is 0 Å². The van der Waals surface area contributed by atoms with Crippen LogP contribution in [0.25, 0.3) is 21.7 Å². The molecule has 0 fully saturated rings. The van der Waals surface area contributed by atoms with Crippen LogP contribution < -0.4 is 5.32 Å². The number of anilines is 2. The molecule has 0 radical (unpaired) electrons. The fourth-order valence-corrected chi connectivity index (χ4v) is 2.38. The van der Waals surface area contributed by atoms with E-state index in [2.05, 4.69) is 20.3 Å². The summed E-state index contributed by atoms with van der Waals surface area (Å²) in [6.45, 7) is 1.86. The largest absolute Gasteiger partial charge is 0.340 e. The third kappa shape index (κ3) is 3.51. The minimum absolute atomic E-state index is 0.259. The molecule has 5 nitrogen and oxygen atoms in total. The van der Waals surface area contributed by atoms with E-state index in [-0.39, 0.29) is 5.82 Å². The Bertz CT molecular complexity index is 915. The van der Waals surface area contributed by atoms with E-state index in [0.717, 1.165) is 22.5 Å². The highest BCUT2D eigenvalue weighted by molar-refractivity contribution is 5.67. The molecule has 0 unspecified atom stereocenters. The molecule has 3 rings (SSSR count). The summed E-state index contributed by atoms with van der Waals surface area (Å²) < 4.78 is 13.3. The van der Waals surface area contributed by atoms with Crippen molar-refractivity contribution in [2.24, 2.45) is 5.11 Å². The van der Waals surface area contributed by atoms with Crippen molar-refractivity contribution >= 4 is 17.2 Å². The van der Waals surface area contributed by atoms with Gasteiger partial charge in [-0.25, -0.2) is 9.37 Å². The van der Waals surface area contributed by atoms with E-state index in [1.54, 1.807) is 18.2 Å². The summed E-state index contributed by atoms with van der Waals surface area (Å²) in [5.74, 6) is 0.415. The topological polar surface area (TPSA) is 73.7 Å². The number of benzene rings is 2. The fraction of sp³-hybridized carbons (Fsp3) is 0.0556. The first-order valence-electron chi connectivity index (χ1n) is 7.31. The maximum atomic E-state index is 13.3. The summed E-state index contributed by atoms with van der Waals surface area (Å²) in [5.41, 5.74) is 12.3. The number of hydrogen-bond donors (Lipinski definition) is 1. The lowest BCUT2D eigenvalue weighted by Crippen LogP contribution is -1.95. The van der Waals surface area contributed by atoms with E-state index >= 15 is 0 Å². The molecule has 1 aromatic heterocycles. The predicted octanol–water partition coefficient (Wildman–Crippen LogP) is 5.88. The van der Waals surface area contributed by atoms with Gasteiger partial charge >= 0.3 is 0 Å². The van der Waals surface area contributed by atoms with E-state index in [9.17, 15) is 4.39 Å². The van der Waals surface area contributed by atoms with Crippen LogP contribution in [0.15, 0.2) is 65.8 Å². The van der Waals surface area contributed by atoms with Crippen LogP contribution in [0.5, 0.6) is 0 Å². The van der Waals surface area contributed by atoms with Gasteiger partial charge in [0.2, 0.25) is 0 Å². The number of rotatable bonds is 4. The first-order valence-corrected chi connectivity index (χ1v) is 7.31. The molecular formula is C18H14FN5. The number of hydrogen-bond acceptors (Lipinski definition) is 3. The molecule has 0 aliphatic heterocycles. The third-order valence-electron chi connectivity index (χ3n) is 3.51. The Morgan fingerprint density at radius 3 is 2.58 bits per heavy atom. The molecule has 0 aliphatic rings. The van der Waals surface area contributed by atoms with Crippen molar-refractivity contribution < 1.29 is 4.39 Å². The van der Waals surface area contributed by atoms with Crippen molar-refractivity contribution in [1.29, 1.82) is 0 Å². The van der Waals surface area contributed by atoms with Crippen molar-refractivity contribution in [2.75, 3.05) is 5.32 Å². The van der Waals surface area contributed by atoms with Crippen LogP contribution in [0.1, 0.15) is 5.56 Å². The summed E-state index contributed by atoms with van der Waals surface area (Å²) in [5, 5.41) is 6.73. The van der Waals surface area contributed by atoms with Gasteiger partial charge in [0.1, 0.15) is 11.6 Å². The molecule has 0 amide bonds. The van der Waals surface area contributed by atoms with Gasteiger partial charge in [0.05, 0.1) is 5.69 Å². The summed E-state index contributed by atoms with van der Waals surface area (Å²) in [7, 11) is 0. The smallest absolute Gasteiger partial charge is 0.131 e. The molecule has 0 saturated carbocycles. The van der Waals surface area contributed by atoms with Gasteiger partial charge in [-0.2, -0.15) is 0 Å². The van der Waals surface area contributed by atoms with Gasteiger partial charge in [0, 0.05) is 21.8 Å². The van der Waals surface area contributed by atoms with Crippen LogP contribution in [-0.4, -0.2) is 4.98 Å². The summed E-state index contributed by atoms with van der Waals surface area (Å²) in [4.78, 5) is 7.32. The molecule has 0 bridgehead atoms. The summed E-state index contributed by atoms with van der Waals surface area (Å²) >= 11 is 0. The normalized spacial score (nSPS) is 10.1. The Morgan fingerprint density at radius 1 is 1.08 bits per heavy atom. The monoisotopic (exact) mass is 319 g/mol. The minimum Gasteiger partial charge on any atom is -0.340 e. The SMILES string of the molecule is Cc1cc(F)ccc1-c1cccc(Nc2ccc(N=[N+]=[N-])cc2)n1. The third-order valence-corrected chi connectivity index (χ3v) is 3.51. The van der Waals surface area contributed by atoms with Crippen LogP contribution in [0, 0.1) is 12.7 Å². The second kappa shape index (κ2) is 6.81. The van der Waals surface area contributed by atoms with Crippen molar-refractivity contribution in [3.63, 3.8) is 0 Å². The first-order chi connectivity index (χ1) is 11.7. The molecule has 118 valence electrons. The van der Waals surface area contributed by atoms with Crippen molar-refractivity contribution in [3.8, 4) is 11.3 Å². The molecule has 3 aromatic rings. The Hall–Kier alpha value is -3.37. The molecule has 2 aromatic carbocycles. The fourth-order valence-electron chi connectivity index (χ4n) is 2.38. The number of aryl methyl sites for hydroxylation is 1. The van der Waals surface area contributed by atoms with Crippen LogP contribution in [0.4, 0.5) is 21.6 Å². The molecule has 0 saturated heterocycles. The zero-order valence-electron chi connectivity index (χ0n) is 12.9. The lowest BCUT2D eigenvalue weighted by atomic mass is 10.1. The van der Waals surface area contributed by atoms with Gasteiger partial charge in [-0.3, -0.25) is 0 Å². The maximum Gasteiger partial charge on any atom is 0.131 e. The van der Waals surface area contributed by atoms with Crippen LogP contribution in [0.2, 0.25) is 0 Å². The molecule has 0 atom stereocenters. The zero-order valence-corrected chi connectivity index (χ0v) is 12.9. The van der Waals surface area contributed by atoms with Gasteiger partial charge < -0.3 is 5.32 Å². The molecule has 6 heteroatoms. The lowest BCUT2D eigenvalue weighted by molar-refractivity contribution is 0.627. The van der Waals surface area contributed by atoms with E-state index < -0.39 is 0 Å². The molecule has 1 N–H and O–H groups in total. The van der Waals surface area contributed by atoms with E-state index in [4.69, 9.17) is 5.53 Å². The molecule has 24 heavy (non-hydrogen) atoms. The first kappa shape index (κ1) is 15.5. The average Bonchev–Trinajstić information content (AvgIpc) is 2.57. The zero-order chi connectivity index (χ0) is 16.9. The molecule has 0 spiro atoms. The quantitative estimate of drug-likeness (QED) is 0.370. The van der Waals surface area contributed by atoms with Crippen molar-refractivity contribution in [3.05, 3.63) is 82.5 Å². The minimum atomic E-state index is -0.259. The molecule has 0 aliphatic carbocycles. The van der Waals surface area contributed by atoms with Crippen molar-refractivity contribution in [2.45, 2.75) is 6.92 Å². The number of pyridine rings is 1. The van der Waals surface area contributed by atoms with Gasteiger partial charge in [0.25, 0.3) is 0 Å². The average molecular weight is 319 g/mol. The number of azide groups is 1. The van der Waals surface area contributed by atoms with Gasteiger partial charge in [-0.1, -0.05) is 23.3 Å². The number of aromatic nitrogens is 1. The predicted molar refractivity (Wildman–Crippen MR) is 92.9 cm³/mol. The second-order valence-electron chi connectivity index (χ2n) is 5.23. The van der Waals surface area contributed by atoms with Crippen LogP contribution in [-0.2, 0) is 0 Å². The van der Waals surface area contributed by atoms with Gasteiger partial charge in [0.15, 0.2) is 0 Å². The number of nitrogens with one attached hydrogen (secondary N) is 1. The standard InChI is InChI=1S/C18H14FN5/c1-12-11-13(19)5-10-16(12)17-3-2-4-18(22-17)21-14-6-8-15(9-7-14)23-24-20/h2-11H,1H3,(H,21,22). The number of nitrogens with zero attached hydrogens (tertiary/aromatic N) is 4. The highest BCUT2D eigenvalue weighted by Crippen LogP contribution is 2.25. The Balaban J connectivity index is 1.86. The highest BCUT2D eigenvalue weighted by Gasteiger charge is 2.06. The maximum absolute atomic E-state index is 13.3. The highest BCUT2D eigenvalue weighted by atomic mass is 19.1. The van der Waals surface area contributed by atoms with Crippen LogP contribution in [0.3, 0.4) is 0 Å². The van der Waals surface area contributed by atoms with Gasteiger partial charge in [-0.15, -0.1) is 0 Å². The van der Waals surface area contributed by atoms with E-state index in [1.807, 2.05) is 37.3 Å².